The molecule has 0 aromatic heterocycles. The summed E-state index contributed by atoms with van der Waals surface area (Å²) in [6, 6.07) is 11.7. The van der Waals surface area contributed by atoms with Crippen LogP contribution in [0.25, 0.3) is 0 Å². The summed E-state index contributed by atoms with van der Waals surface area (Å²) in [4.78, 5) is 12.4. The molecule has 3 atom stereocenters. The van der Waals surface area contributed by atoms with E-state index in [1.54, 1.807) is 0 Å². The Morgan fingerprint density at radius 2 is 1.86 bits per heavy atom. The van der Waals surface area contributed by atoms with Crippen molar-refractivity contribution in [3.8, 4) is 0 Å². The number of nitrogens with one attached hydrogen (secondary N) is 1. The SMILES string of the molecule is CN=C(NCC1CCCN(C)C1)N1CCC2C(CCCN2Cc2ccccc2)C1. The average molecular weight is 398 g/mol. The lowest BCUT2D eigenvalue weighted by atomic mass is 9.83. The zero-order valence-electron chi connectivity index (χ0n) is 18.4. The van der Waals surface area contributed by atoms with E-state index in [0.717, 1.165) is 50.0 Å². The van der Waals surface area contributed by atoms with Gasteiger partial charge in [-0.15, -0.1) is 0 Å². The largest absolute Gasteiger partial charge is 0.356 e. The molecule has 3 heterocycles. The smallest absolute Gasteiger partial charge is 0.193 e. The molecule has 160 valence electrons. The van der Waals surface area contributed by atoms with E-state index in [9.17, 15) is 0 Å². The Morgan fingerprint density at radius 1 is 1.03 bits per heavy atom. The van der Waals surface area contributed by atoms with Gasteiger partial charge in [0, 0.05) is 45.8 Å². The highest BCUT2D eigenvalue weighted by Gasteiger charge is 2.36. The minimum absolute atomic E-state index is 0.727. The molecule has 1 aromatic carbocycles. The summed E-state index contributed by atoms with van der Waals surface area (Å²) in [5.74, 6) is 2.64. The van der Waals surface area contributed by atoms with Crippen LogP contribution in [0.2, 0.25) is 0 Å². The zero-order chi connectivity index (χ0) is 20.1. The third-order valence-electron chi connectivity index (χ3n) is 7.19. The maximum atomic E-state index is 4.64. The lowest BCUT2D eigenvalue weighted by Crippen LogP contribution is -2.57. The van der Waals surface area contributed by atoms with Crippen LogP contribution in [0.5, 0.6) is 0 Å². The van der Waals surface area contributed by atoms with E-state index in [1.807, 2.05) is 7.05 Å². The Hall–Kier alpha value is -1.59. The van der Waals surface area contributed by atoms with E-state index < -0.39 is 0 Å². The molecular weight excluding hydrogens is 358 g/mol. The highest BCUT2D eigenvalue weighted by atomic mass is 15.3. The van der Waals surface area contributed by atoms with Crippen molar-refractivity contribution in [3.05, 3.63) is 35.9 Å². The molecule has 1 aromatic rings. The average Bonchev–Trinajstić information content (AvgIpc) is 2.75. The molecule has 0 radical (unpaired) electrons. The topological polar surface area (TPSA) is 34.1 Å². The van der Waals surface area contributed by atoms with Gasteiger partial charge in [-0.3, -0.25) is 9.89 Å². The maximum absolute atomic E-state index is 4.64. The second-order valence-corrected chi connectivity index (χ2v) is 9.36. The summed E-state index contributed by atoms with van der Waals surface area (Å²) >= 11 is 0. The Morgan fingerprint density at radius 3 is 2.66 bits per heavy atom. The molecule has 5 heteroatoms. The van der Waals surface area contributed by atoms with E-state index in [2.05, 4.69) is 62.4 Å². The summed E-state index contributed by atoms with van der Waals surface area (Å²) in [5, 5.41) is 3.71. The van der Waals surface area contributed by atoms with Crippen molar-refractivity contribution in [2.75, 3.05) is 53.4 Å². The quantitative estimate of drug-likeness (QED) is 0.626. The monoisotopic (exact) mass is 397 g/mol. The van der Waals surface area contributed by atoms with Gasteiger partial charge in [0.05, 0.1) is 0 Å². The molecule has 0 amide bonds. The first-order valence-electron chi connectivity index (χ1n) is 11.6. The second kappa shape index (κ2) is 9.94. The lowest BCUT2D eigenvalue weighted by Gasteiger charge is -2.48. The van der Waals surface area contributed by atoms with Gasteiger partial charge in [-0.25, -0.2) is 0 Å². The van der Waals surface area contributed by atoms with Gasteiger partial charge in [0.15, 0.2) is 5.96 Å². The van der Waals surface area contributed by atoms with Gasteiger partial charge in [-0.1, -0.05) is 30.3 Å². The number of aliphatic imine (C=N–C) groups is 1. The number of piperidine rings is 3. The standard InChI is InChI=1S/C24H39N5/c1-25-24(26-16-21-10-6-13-27(2)17-21)29-15-12-23-22(19-29)11-7-14-28(23)18-20-8-4-3-5-9-20/h3-5,8-9,21-23H,6-7,10-19H2,1-2H3,(H,25,26). The van der Waals surface area contributed by atoms with Crippen LogP contribution in [0.4, 0.5) is 0 Å². The molecule has 0 saturated carbocycles. The summed E-state index contributed by atoms with van der Waals surface area (Å²) < 4.78 is 0. The van der Waals surface area contributed by atoms with Crippen molar-refractivity contribution in [3.63, 3.8) is 0 Å². The Labute approximate surface area is 177 Å². The first kappa shape index (κ1) is 20.7. The van der Waals surface area contributed by atoms with Crippen LogP contribution in [0.3, 0.4) is 0 Å². The van der Waals surface area contributed by atoms with Crippen LogP contribution in [-0.4, -0.2) is 80.1 Å². The minimum atomic E-state index is 0.727. The van der Waals surface area contributed by atoms with Crippen LogP contribution in [0.15, 0.2) is 35.3 Å². The third kappa shape index (κ3) is 5.32. The van der Waals surface area contributed by atoms with Gasteiger partial charge in [0.25, 0.3) is 0 Å². The van der Waals surface area contributed by atoms with Crippen LogP contribution < -0.4 is 5.32 Å². The Bertz CT molecular complexity index is 660. The summed E-state index contributed by atoms with van der Waals surface area (Å²) in [7, 11) is 4.19. The number of benzene rings is 1. The van der Waals surface area contributed by atoms with Gasteiger partial charge in [-0.2, -0.15) is 0 Å². The molecule has 3 fully saturated rings. The van der Waals surface area contributed by atoms with Crippen LogP contribution in [-0.2, 0) is 6.54 Å². The van der Waals surface area contributed by atoms with Crippen molar-refractivity contribution in [1.82, 2.24) is 20.0 Å². The fourth-order valence-corrected chi connectivity index (χ4v) is 5.72. The third-order valence-corrected chi connectivity index (χ3v) is 7.19. The van der Waals surface area contributed by atoms with E-state index in [-0.39, 0.29) is 0 Å². The molecule has 5 nitrogen and oxygen atoms in total. The first-order valence-corrected chi connectivity index (χ1v) is 11.6. The van der Waals surface area contributed by atoms with E-state index in [1.165, 1.54) is 57.3 Å². The van der Waals surface area contributed by atoms with Gasteiger partial charge in [-0.05, 0) is 69.6 Å². The van der Waals surface area contributed by atoms with Gasteiger partial charge in [0.1, 0.15) is 0 Å². The second-order valence-electron chi connectivity index (χ2n) is 9.36. The fourth-order valence-electron chi connectivity index (χ4n) is 5.72. The van der Waals surface area contributed by atoms with Crippen molar-refractivity contribution >= 4 is 5.96 Å². The van der Waals surface area contributed by atoms with Crippen molar-refractivity contribution in [2.24, 2.45) is 16.8 Å². The van der Waals surface area contributed by atoms with Gasteiger partial charge < -0.3 is 15.1 Å². The number of rotatable bonds is 4. The highest BCUT2D eigenvalue weighted by Crippen LogP contribution is 2.31. The summed E-state index contributed by atoms with van der Waals surface area (Å²) in [6.07, 6.45) is 6.60. The van der Waals surface area contributed by atoms with Crippen molar-refractivity contribution in [2.45, 2.75) is 44.7 Å². The normalized spacial score (nSPS) is 29.5. The van der Waals surface area contributed by atoms with Crippen molar-refractivity contribution < 1.29 is 0 Å². The molecule has 3 aliphatic heterocycles. The number of hydrogen-bond donors (Lipinski definition) is 1. The number of fused-ring (bicyclic) bond motifs is 1. The van der Waals surface area contributed by atoms with Crippen LogP contribution in [0.1, 0.15) is 37.7 Å². The highest BCUT2D eigenvalue weighted by molar-refractivity contribution is 5.80. The molecule has 1 N–H and O–H groups in total. The molecule has 0 bridgehead atoms. The lowest BCUT2D eigenvalue weighted by molar-refractivity contribution is 0.0371. The molecular formula is C24H39N5. The van der Waals surface area contributed by atoms with Gasteiger partial charge in [0.2, 0.25) is 0 Å². The van der Waals surface area contributed by atoms with Crippen molar-refractivity contribution in [1.29, 1.82) is 0 Å². The molecule has 0 aliphatic carbocycles. The number of likely N-dealkylation sites (tertiary alicyclic amines) is 3. The fraction of sp³-hybridized carbons (Fsp3) is 0.708. The predicted molar refractivity (Wildman–Crippen MR) is 121 cm³/mol. The van der Waals surface area contributed by atoms with Crippen LogP contribution in [0, 0.1) is 11.8 Å². The number of hydrogen-bond acceptors (Lipinski definition) is 3. The zero-order valence-corrected chi connectivity index (χ0v) is 18.4. The molecule has 3 saturated heterocycles. The molecule has 3 unspecified atom stereocenters. The summed E-state index contributed by atoms with van der Waals surface area (Å²) in [6.45, 7) is 8.14. The van der Waals surface area contributed by atoms with E-state index in [0.29, 0.717) is 0 Å². The summed E-state index contributed by atoms with van der Waals surface area (Å²) in [5.41, 5.74) is 1.45. The Kier molecular flexibility index (Phi) is 7.09. The van der Waals surface area contributed by atoms with Crippen LogP contribution >= 0.6 is 0 Å². The van der Waals surface area contributed by atoms with Gasteiger partial charge >= 0.3 is 0 Å². The Balaban J connectivity index is 1.31. The van der Waals surface area contributed by atoms with E-state index in [4.69, 9.17) is 0 Å². The molecule has 4 rings (SSSR count). The molecule has 0 spiro atoms. The van der Waals surface area contributed by atoms with E-state index >= 15 is 0 Å². The molecule has 29 heavy (non-hydrogen) atoms. The first-order chi connectivity index (χ1) is 14.2. The number of nitrogens with zero attached hydrogens (tertiary/aromatic N) is 4. The molecule has 3 aliphatic rings. The maximum Gasteiger partial charge on any atom is 0.193 e. The number of guanidine groups is 1. The minimum Gasteiger partial charge on any atom is -0.356 e. The predicted octanol–water partition coefficient (Wildman–Crippen LogP) is 2.89.